The predicted octanol–water partition coefficient (Wildman–Crippen LogP) is 4.53. The summed E-state index contributed by atoms with van der Waals surface area (Å²) in [7, 11) is 1.59. The summed E-state index contributed by atoms with van der Waals surface area (Å²) in [5.74, 6) is 0.305. The molecule has 4 nitrogen and oxygen atoms in total. The van der Waals surface area contributed by atoms with Gasteiger partial charge in [0.05, 0.1) is 28.4 Å². The SMILES string of the molecule is COc1ccc(/C=N\NC(=O)c2ccc(Cl)cc2Cl)cc1Br. The minimum absolute atomic E-state index is 0.271. The lowest BCUT2D eigenvalue weighted by molar-refractivity contribution is 0.0955. The van der Waals surface area contributed by atoms with Crippen LogP contribution in [0.3, 0.4) is 0 Å². The van der Waals surface area contributed by atoms with Crippen molar-refractivity contribution < 1.29 is 9.53 Å². The molecule has 0 unspecified atom stereocenters. The number of ether oxygens (including phenoxy) is 1. The Bertz CT molecular complexity index is 735. The Morgan fingerprint density at radius 2 is 2.05 bits per heavy atom. The molecule has 2 rings (SSSR count). The molecule has 0 atom stereocenters. The number of rotatable bonds is 4. The first kappa shape index (κ1) is 16.8. The third-order valence-corrected chi connectivity index (χ3v) is 3.90. The second-order valence-corrected chi connectivity index (χ2v) is 5.92. The number of hydrogen-bond acceptors (Lipinski definition) is 3. The molecule has 0 aliphatic heterocycles. The molecule has 1 amide bonds. The molecule has 0 bridgehead atoms. The van der Waals surface area contributed by atoms with E-state index in [4.69, 9.17) is 27.9 Å². The van der Waals surface area contributed by atoms with Crippen molar-refractivity contribution in [2.24, 2.45) is 5.10 Å². The molecule has 2 aromatic carbocycles. The number of nitrogens with one attached hydrogen (secondary N) is 1. The Hall–Kier alpha value is -1.56. The lowest BCUT2D eigenvalue weighted by Gasteiger charge is -2.04. The van der Waals surface area contributed by atoms with Crippen LogP contribution >= 0.6 is 39.1 Å². The van der Waals surface area contributed by atoms with Crippen molar-refractivity contribution >= 4 is 51.3 Å². The zero-order valence-electron chi connectivity index (χ0n) is 11.4. The van der Waals surface area contributed by atoms with Crippen LogP contribution in [-0.2, 0) is 0 Å². The molecule has 7 heteroatoms. The minimum Gasteiger partial charge on any atom is -0.496 e. The number of carbonyl (C=O) groups is 1. The van der Waals surface area contributed by atoms with E-state index in [-0.39, 0.29) is 5.02 Å². The van der Waals surface area contributed by atoms with Crippen LogP contribution in [0.5, 0.6) is 5.75 Å². The monoisotopic (exact) mass is 400 g/mol. The van der Waals surface area contributed by atoms with Crippen LogP contribution in [0.2, 0.25) is 10.0 Å². The number of benzene rings is 2. The van der Waals surface area contributed by atoms with Gasteiger partial charge >= 0.3 is 0 Å². The Morgan fingerprint density at radius 1 is 1.27 bits per heavy atom. The van der Waals surface area contributed by atoms with E-state index in [1.165, 1.54) is 12.3 Å². The standard InChI is InChI=1S/C15H11BrCl2N2O2/c1-22-14-5-2-9(6-12(14)16)8-19-20-15(21)11-4-3-10(17)7-13(11)18/h2-8H,1H3,(H,20,21)/b19-8-. The largest absolute Gasteiger partial charge is 0.496 e. The fraction of sp³-hybridized carbons (Fsp3) is 0.0667. The van der Waals surface area contributed by atoms with Crippen molar-refractivity contribution in [3.8, 4) is 5.75 Å². The topological polar surface area (TPSA) is 50.7 Å². The second kappa shape index (κ2) is 7.63. The molecule has 0 heterocycles. The van der Waals surface area contributed by atoms with Crippen LogP contribution in [0, 0.1) is 0 Å². The van der Waals surface area contributed by atoms with Gasteiger partial charge in [-0.25, -0.2) is 5.43 Å². The number of hydrazone groups is 1. The summed E-state index contributed by atoms with van der Waals surface area (Å²) in [5.41, 5.74) is 3.52. The van der Waals surface area contributed by atoms with Gasteiger partial charge in [0.15, 0.2) is 0 Å². The first-order valence-corrected chi connectivity index (χ1v) is 7.68. The van der Waals surface area contributed by atoms with Gasteiger partial charge in [0.1, 0.15) is 5.75 Å². The van der Waals surface area contributed by atoms with Crippen LogP contribution in [0.25, 0.3) is 0 Å². The fourth-order valence-electron chi connectivity index (χ4n) is 1.66. The van der Waals surface area contributed by atoms with Gasteiger partial charge in [-0.15, -0.1) is 0 Å². The van der Waals surface area contributed by atoms with E-state index in [1.807, 2.05) is 12.1 Å². The average molecular weight is 402 g/mol. The summed E-state index contributed by atoms with van der Waals surface area (Å²) in [6.07, 6.45) is 1.52. The zero-order valence-corrected chi connectivity index (χ0v) is 14.5. The lowest BCUT2D eigenvalue weighted by atomic mass is 10.2. The van der Waals surface area contributed by atoms with Crippen LogP contribution < -0.4 is 10.2 Å². The highest BCUT2D eigenvalue weighted by Gasteiger charge is 2.09. The van der Waals surface area contributed by atoms with Crippen molar-refractivity contribution in [3.05, 3.63) is 62.0 Å². The third-order valence-electron chi connectivity index (χ3n) is 2.73. The van der Waals surface area contributed by atoms with E-state index in [0.29, 0.717) is 16.3 Å². The van der Waals surface area contributed by atoms with Gasteiger partial charge in [0.2, 0.25) is 0 Å². The molecule has 2 aromatic rings. The highest BCUT2D eigenvalue weighted by Crippen LogP contribution is 2.25. The first-order chi connectivity index (χ1) is 10.5. The van der Waals surface area contributed by atoms with Crippen molar-refractivity contribution in [1.82, 2.24) is 5.43 Å². The maximum Gasteiger partial charge on any atom is 0.272 e. The van der Waals surface area contributed by atoms with E-state index in [2.05, 4.69) is 26.5 Å². The molecule has 0 saturated heterocycles. The zero-order chi connectivity index (χ0) is 16.1. The van der Waals surface area contributed by atoms with Crippen LogP contribution in [0.15, 0.2) is 46.0 Å². The quantitative estimate of drug-likeness (QED) is 0.604. The average Bonchev–Trinajstić information content (AvgIpc) is 2.47. The molecular weight excluding hydrogens is 391 g/mol. The summed E-state index contributed by atoms with van der Waals surface area (Å²) in [4.78, 5) is 12.0. The first-order valence-electron chi connectivity index (χ1n) is 6.13. The highest BCUT2D eigenvalue weighted by atomic mass is 79.9. The molecule has 0 aliphatic carbocycles. The van der Waals surface area contributed by atoms with Crippen molar-refractivity contribution in [3.63, 3.8) is 0 Å². The van der Waals surface area contributed by atoms with Gasteiger partial charge < -0.3 is 4.74 Å². The summed E-state index contributed by atoms with van der Waals surface area (Å²) < 4.78 is 5.93. The third kappa shape index (κ3) is 4.22. The van der Waals surface area contributed by atoms with E-state index in [0.717, 1.165) is 10.0 Å². The number of carbonyl (C=O) groups excluding carboxylic acids is 1. The molecule has 1 N–H and O–H groups in total. The van der Waals surface area contributed by atoms with Crippen LogP contribution in [0.1, 0.15) is 15.9 Å². The van der Waals surface area contributed by atoms with Crippen molar-refractivity contribution in [1.29, 1.82) is 0 Å². The van der Waals surface area contributed by atoms with E-state index in [1.54, 1.807) is 25.3 Å². The van der Waals surface area contributed by atoms with Gasteiger partial charge in [-0.2, -0.15) is 5.10 Å². The number of halogens is 3. The molecule has 0 aliphatic rings. The molecule has 0 radical (unpaired) electrons. The molecule has 0 spiro atoms. The van der Waals surface area contributed by atoms with Gasteiger partial charge in [0, 0.05) is 5.02 Å². The molecule has 0 aromatic heterocycles. The Morgan fingerprint density at radius 3 is 2.68 bits per heavy atom. The van der Waals surface area contributed by atoms with Crippen LogP contribution in [-0.4, -0.2) is 19.2 Å². The Labute approximate surface area is 146 Å². The summed E-state index contributed by atoms with van der Waals surface area (Å²) in [5, 5.41) is 4.64. The number of nitrogens with zero attached hydrogens (tertiary/aromatic N) is 1. The fourth-order valence-corrected chi connectivity index (χ4v) is 2.71. The summed E-state index contributed by atoms with van der Waals surface area (Å²) in [6.45, 7) is 0. The molecule has 0 saturated carbocycles. The highest BCUT2D eigenvalue weighted by molar-refractivity contribution is 9.10. The molecule has 114 valence electrons. The van der Waals surface area contributed by atoms with Gasteiger partial charge in [0.25, 0.3) is 5.91 Å². The van der Waals surface area contributed by atoms with E-state index >= 15 is 0 Å². The lowest BCUT2D eigenvalue weighted by Crippen LogP contribution is -2.18. The van der Waals surface area contributed by atoms with Crippen molar-refractivity contribution in [2.75, 3.05) is 7.11 Å². The van der Waals surface area contributed by atoms with Gasteiger partial charge in [-0.05, 0) is 57.9 Å². The smallest absolute Gasteiger partial charge is 0.272 e. The summed E-state index contributed by atoms with van der Waals surface area (Å²) >= 11 is 15.1. The maximum absolute atomic E-state index is 12.0. The Balaban J connectivity index is 2.05. The molecule has 22 heavy (non-hydrogen) atoms. The van der Waals surface area contributed by atoms with Crippen LogP contribution in [0.4, 0.5) is 0 Å². The minimum atomic E-state index is -0.412. The van der Waals surface area contributed by atoms with Gasteiger partial charge in [-0.1, -0.05) is 23.2 Å². The molecular formula is C15H11BrCl2N2O2. The number of methoxy groups -OCH3 is 1. The number of amides is 1. The second-order valence-electron chi connectivity index (χ2n) is 4.22. The predicted molar refractivity (Wildman–Crippen MR) is 92.2 cm³/mol. The maximum atomic E-state index is 12.0. The summed E-state index contributed by atoms with van der Waals surface area (Å²) in [6, 6.07) is 10.1. The normalized spacial score (nSPS) is 10.7. The number of hydrogen-bond donors (Lipinski definition) is 1. The molecule has 0 fully saturated rings. The Kier molecular flexibility index (Phi) is 5.83. The van der Waals surface area contributed by atoms with E-state index in [9.17, 15) is 4.79 Å². The van der Waals surface area contributed by atoms with E-state index < -0.39 is 5.91 Å². The van der Waals surface area contributed by atoms with Gasteiger partial charge in [-0.3, -0.25) is 4.79 Å². The van der Waals surface area contributed by atoms with Crippen molar-refractivity contribution in [2.45, 2.75) is 0 Å².